The van der Waals surface area contributed by atoms with Crippen LogP contribution in [0.15, 0.2) is 43.0 Å². The lowest BCUT2D eigenvalue weighted by Crippen LogP contribution is -2.16. The quantitative estimate of drug-likeness (QED) is 0.644. The molecule has 0 unspecified atom stereocenters. The average molecular weight is 301 g/mol. The van der Waals surface area contributed by atoms with Crippen molar-refractivity contribution in [2.75, 3.05) is 13.2 Å². The van der Waals surface area contributed by atoms with Gasteiger partial charge in [0, 0.05) is 25.5 Å². The van der Waals surface area contributed by atoms with Gasteiger partial charge in [-0.15, -0.1) is 0 Å². The Bertz CT molecular complexity index is 511. The summed E-state index contributed by atoms with van der Waals surface area (Å²) in [6, 6.07) is 8.38. The van der Waals surface area contributed by atoms with Crippen molar-refractivity contribution in [3.8, 4) is 5.75 Å². The molecule has 4 nitrogen and oxygen atoms in total. The van der Waals surface area contributed by atoms with E-state index in [-0.39, 0.29) is 0 Å². The number of aromatic nitrogens is 2. The first-order chi connectivity index (χ1) is 10.9. The van der Waals surface area contributed by atoms with Crippen LogP contribution in [0.3, 0.4) is 0 Å². The second-order valence-electron chi connectivity index (χ2n) is 5.53. The molecule has 0 radical (unpaired) electrons. The molecule has 120 valence electrons. The van der Waals surface area contributed by atoms with Crippen LogP contribution in [0.5, 0.6) is 5.75 Å². The van der Waals surface area contributed by atoms with Gasteiger partial charge in [-0.05, 0) is 37.1 Å². The molecule has 0 spiro atoms. The number of hydrogen-bond donors (Lipinski definition) is 1. The molecule has 22 heavy (non-hydrogen) atoms. The molecular formula is C18H27N3O. The molecule has 1 heterocycles. The molecule has 0 saturated heterocycles. The number of aryl methyl sites for hydroxylation is 1. The number of hydrogen-bond acceptors (Lipinski definition) is 3. The van der Waals surface area contributed by atoms with E-state index in [0.717, 1.165) is 44.8 Å². The lowest BCUT2D eigenvalue weighted by molar-refractivity contribution is 0.306. The fourth-order valence-electron chi connectivity index (χ4n) is 2.33. The van der Waals surface area contributed by atoms with Crippen molar-refractivity contribution in [1.82, 2.24) is 14.9 Å². The van der Waals surface area contributed by atoms with E-state index in [0.29, 0.717) is 0 Å². The third-order valence-electron chi connectivity index (χ3n) is 3.57. The van der Waals surface area contributed by atoms with Gasteiger partial charge in [0.15, 0.2) is 0 Å². The summed E-state index contributed by atoms with van der Waals surface area (Å²) < 4.78 is 7.89. The number of benzene rings is 1. The zero-order chi connectivity index (χ0) is 15.5. The molecule has 0 saturated carbocycles. The largest absolute Gasteiger partial charge is 0.494 e. The first kappa shape index (κ1) is 16.6. The standard InChI is InChI=1S/C18H27N3O/c1-2-3-4-13-22-18-8-5-7-17(14-18)15-19-9-6-11-21-12-10-20-16-21/h5,7-8,10,12,14,16,19H,2-4,6,9,11,13,15H2,1H3. The Labute approximate surface area is 133 Å². The molecule has 0 aliphatic heterocycles. The van der Waals surface area contributed by atoms with E-state index in [1.165, 1.54) is 18.4 Å². The highest BCUT2D eigenvalue weighted by atomic mass is 16.5. The zero-order valence-electron chi connectivity index (χ0n) is 13.5. The molecule has 1 N–H and O–H groups in total. The molecule has 0 bridgehead atoms. The van der Waals surface area contributed by atoms with Gasteiger partial charge in [-0.3, -0.25) is 0 Å². The van der Waals surface area contributed by atoms with Gasteiger partial charge in [-0.25, -0.2) is 4.98 Å². The molecule has 0 aliphatic carbocycles. The summed E-state index contributed by atoms with van der Waals surface area (Å²) >= 11 is 0. The fraction of sp³-hybridized carbons (Fsp3) is 0.500. The van der Waals surface area contributed by atoms with Crippen molar-refractivity contribution in [1.29, 1.82) is 0 Å². The normalized spacial score (nSPS) is 10.8. The van der Waals surface area contributed by atoms with Crippen LogP contribution in [0.25, 0.3) is 0 Å². The number of nitrogens with zero attached hydrogens (tertiary/aromatic N) is 2. The van der Waals surface area contributed by atoms with Crippen molar-refractivity contribution >= 4 is 0 Å². The predicted octanol–water partition coefficient (Wildman–Crippen LogP) is 3.63. The smallest absolute Gasteiger partial charge is 0.119 e. The SMILES string of the molecule is CCCCCOc1cccc(CNCCCn2ccnc2)c1. The maximum atomic E-state index is 5.79. The highest BCUT2D eigenvalue weighted by molar-refractivity contribution is 5.28. The lowest BCUT2D eigenvalue weighted by Gasteiger charge is -2.09. The van der Waals surface area contributed by atoms with Crippen molar-refractivity contribution in [2.45, 2.75) is 45.7 Å². The summed E-state index contributed by atoms with van der Waals surface area (Å²) in [7, 11) is 0. The van der Waals surface area contributed by atoms with Gasteiger partial charge in [-0.1, -0.05) is 31.9 Å². The van der Waals surface area contributed by atoms with Crippen molar-refractivity contribution in [2.24, 2.45) is 0 Å². The van der Waals surface area contributed by atoms with Crippen molar-refractivity contribution < 1.29 is 4.74 Å². The Balaban J connectivity index is 1.62. The van der Waals surface area contributed by atoms with Crippen LogP contribution in [0.1, 0.15) is 38.2 Å². The molecule has 0 fully saturated rings. The molecule has 1 aromatic carbocycles. The van der Waals surface area contributed by atoms with E-state index in [1.54, 1.807) is 0 Å². The van der Waals surface area contributed by atoms with Gasteiger partial charge in [0.05, 0.1) is 12.9 Å². The maximum absolute atomic E-state index is 5.79. The van der Waals surface area contributed by atoms with Gasteiger partial charge in [0.2, 0.25) is 0 Å². The lowest BCUT2D eigenvalue weighted by atomic mass is 10.2. The number of rotatable bonds is 11. The van der Waals surface area contributed by atoms with Crippen LogP contribution >= 0.6 is 0 Å². The Morgan fingerprint density at radius 2 is 2.18 bits per heavy atom. The van der Waals surface area contributed by atoms with E-state index in [4.69, 9.17) is 4.74 Å². The predicted molar refractivity (Wildman–Crippen MR) is 90.0 cm³/mol. The van der Waals surface area contributed by atoms with Crippen LogP contribution in [0.2, 0.25) is 0 Å². The third kappa shape index (κ3) is 6.31. The van der Waals surface area contributed by atoms with Crippen LogP contribution < -0.4 is 10.1 Å². The summed E-state index contributed by atoms with van der Waals surface area (Å²) in [4.78, 5) is 4.04. The molecule has 1 aromatic heterocycles. The molecule has 0 atom stereocenters. The summed E-state index contributed by atoms with van der Waals surface area (Å²) in [5, 5.41) is 3.48. The minimum Gasteiger partial charge on any atom is -0.494 e. The van der Waals surface area contributed by atoms with Gasteiger partial charge >= 0.3 is 0 Å². The molecule has 0 aliphatic rings. The molecular weight excluding hydrogens is 274 g/mol. The number of ether oxygens (including phenoxy) is 1. The van der Waals surface area contributed by atoms with Crippen LogP contribution in [-0.4, -0.2) is 22.7 Å². The highest BCUT2D eigenvalue weighted by Crippen LogP contribution is 2.13. The second kappa shape index (κ2) is 10.0. The summed E-state index contributed by atoms with van der Waals surface area (Å²) in [5.41, 5.74) is 1.27. The topological polar surface area (TPSA) is 39.1 Å². The Morgan fingerprint density at radius 1 is 1.23 bits per heavy atom. The van der Waals surface area contributed by atoms with Crippen LogP contribution in [-0.2, 0) is 13.1 Å². The summed E-state index contributed by atoms with van der Waals surface area (Å²) in [5.74, 6) is 0.980. The van der Waals surface area contributed by atoms with Gasteiger partial charge in [-0.2, -0.15) is 0 Å². The van der Waals surface area contributed by atoms with E-state index in [1.807, 2.05) is 24.8 Å². The van der Waals surface area contributed by atoms with E-state index in [9.17, 15) is 0 Å². The first-order valence-electron chi connectivity index (χ1n) is 8.26. The Kier molecular flexibility index (Phi) is 7.53. The minimum atomic E-state index is 0.815. The number of nitrogens with one attached hydrogen (secondary N) is 1. The fourth-order valence-corrected chi connectivity index (χ4v) is 2.33. The van der Waals surface area contributed by atoms with Crippen LogP contribution in [0, 0.1) is 0 Å². The Morgan fingerprint density at radius 3 is 3.00 bits per heavy atom. The average Bonchev–Trinajstić information content (AvgIpc) is 3.05. The zero-order valence-corrected chi connectivity index (χ0v) is 13.5. The number of imidazole rings is 1. The number of unbranched alkanes of at least 4 members (excludes halogenated alkanes) is 2. The monoisotopic (exact) mass is 301 g/mol. The van der Waals surface area contributed by atoms with Crippen molar-refractivity contribution in [3.05, 3.63) is 48.5 Å². The van der Waals surface area contributed by atoms with Gasteiger partial charge in [0.1, 0.15) is 5.75 Å². The first-order valence-corrected chi connectivity index (χ1v) is 8.26. The molecule has 4 heteroatoms. The van der Waals surface area contributed by atoms with Gasteiger partial charge in [0.25, 0.3) is 0 Å². The van der Waals surface area contributed by atoms with Gasteiger partial charge < -0.3 is 14.6 Å². The molecule has 2 aromatic rings. The minimum absolute atomic E-state index is 0.815. The summed E-state index contributed by atoms with van der Waals surface area (Å²) in [6.45, 7) is 5.91. The highest BCUT2D eigenvalue weighted by Gasteiger charge is 1.98. The van der Waals surface area contributed by atoms with E-state index < -0.39 is 0 Å². The Hall–Kier alpha value is -1.81. The maximum Gasteiger partial charge on any atom is 0.119 e. The molecule has 0 amide bonds. The third-order valence-corrected chi connectivity index (χ3v) is 3.57. The second-order valence-corrected chi connectivity index (χ2v) is 5.53. The van der Waals surface area contributed by atoms with Crippen LogP contribution in [0.4, 0.5) is 0 Å². The van der Waals surface area contributed by atoms with E-state index in [2.05, 4.69) is 40.0 Å². The summed E-state index contributed by atoms with van der Waals surface area (Å²) in [6.07, 6.45) is 10.4. The molecule has 2 rings (SSSR count). The van der Waals surface area contributed by atoms with E-state index >= 15 is 0 Å². The van der Waals surface area contributed by atoms with Crippen molar-refractivity contribution in [3.63, 3.8) is 0 Å².